The lowest BCUT2D eigenvalue weighted by Crippen LogP contribution is -3.00. The zero-order valence-corrected chi connectivity index (χ0v) is 26.5. The van der Waals surface area contributed by atoms with Crippen molar-refractivity contribution in [1.29, 1.82) is 0 Å². The Hall–Kier alpha value is -2.79. The SMILES string of the molecule is C[C@@H](O)[C@H]1C(=O)N2C(C(=O)O)=C(c3ccc4c(c3)-c3ccc(C[N+]56CC[N+](CCCO)(CC5)CC6)cc3C4=O)[C@H](C)[C@H]12.[Cl-].[Cl-]. The Morgan fingerprint density at radius 2 is 1.57 bits per heavy atom. The first kappa shape index (κ1) is 32.6. The second kappa shape index (κ2) is 11.5. The highest BCUT2D eigenvalue weighted by atomic mass is 35.5. The quantitative estimate of drug-likeness (QED) is 0.171. The molecule has 4 atom stereocenters. The van der Waals surface area contributed by atoms with Gasteiger partial charge in [-0.05, 0) is 47.4 Å². The molecule has 8 rings (SSSR count). The van der Waals surface area contributed by atoms with Crippen molar-refractivity contribution in [2.75, 3.05) is 52.4 Å². The number of carboxylic acid groups (broad SMARTS) is 1. The molecule has 1 amide bonds. The van der Waals surface area contributed by atoms with Crippen LogP contribution in [0.25, 0.3) is 16.7 Å². The monoisotopic (exact) mass is 643 g/mol. The van der Waals surface area contributed by atoms with Crippen molar-refractivity contribution in [1.82, 2.24) is 4.90 Å². The number of aliphatic carboxylic acids is 1. The summed E-state index contributed by atoms with van der Waals surface area (Å²) in [6.07, 6.45) is 0.00473. The number of carbonyl (C=O) groups is 3. The van der Waals surface area contributed by atoms with Gasteiger partial charge in [-0.15, -0.1) is 0 Å². The van der Waals surface area contributed by atoms with E-state index in [-0.39, 0.29) is 60.8 Å². The number of aliphatic hydroxyl groups is 2. The highest BCUT2D eigenvalue weighted by Gasteiger charge is 2.60. The molecule has 6 aliphatic rings. The van der Waals surface area contributed by atoms with Crippen LogP contribution in [0.15, 0.2) is 42.1 Å². The number of carboxylic acids is 1. The van der Waals surface area contributed by atoms with Gasteiger partial charge in [0.1, 0.15) is 51.5 Å². The van der Waals surface area contributed by atoms with Gasteiger partial charge in [0.2, 0.25) is 5.91 Å². The summed E-state index contributed by atoms with van der Waals surface area (Å²) in [5, 5.41) is 29.6. The molecule has 1 aliphatic carbocycles. The Labute approximate surface area is 269 Å². The van der Waals surface area contributed by atoms with Crippen LogP contribution in [0.3, 0.4) is 0 Å². The van der Waals surface area contributed by atoms with E-state index in [1.165, 1.54) is 10.5 Å². The lowest BCUT2D eigenvalue weighted by Gasteiger charge is -2.55. The average molecular weight is 645 g/mol. The van der Waals surface area contributed by atoms with Gasteiger partial charge in [0.25, 0.3) is 0 Å². The summed E-state index contributed by atoms with van der Waals surface area (Å²) in [7, 11) is 0. The van der Waals surface area contributed by atoms with Crippen LogP contribution in [-0.2, 0) is 16.1 Å². The molecular weight excluding hydrogens is 605 g/mol. The Morgan fingerprint density at radius 1 is 0.932 bits per heavy atom. The van der Waals surface area contributed by atoms with Crippen molar-refractivity contribution >= 4 is 23.2 Å². The first-order valence-corrected chi connectivity index (χ1v) is 15.2. The van der Waals surface area contributed by atoms with E-state index in [4.69, 9.17) is 0 Å². The summed E-state index contributed by atoms with van der Waals surface area (Å²) in [6.45, 7) is 12.5. The van der Waals surface area contributed by atoms with Crippen LogP contribution in [0, 0.1) is 11.8 Å². The smallest absolute Gasteiger partial charge is 0.352 e. The maximum Gasteiger partial charge on any atom is 0.352 e. The molecule has 2 bridgehead atoms. The molecule has 9 nitrogen and oxygen atoms in total. The molecule has 4 saturated heterocycles. The number of carbonyl (C=O) groups excluding carboxylic acids is 2. The molecule has 5 aliphatic heterocycles. The van der Waals surface area contributed by atoms with Crippen molar-refractivity contribution in [3.63, 3.8) is 0 Å². The minimum atomic E-state index is -1.16. The van der Waals surface area contributed by atoms with Gasteiger partial charge in [-0.25, -0.2) is 4.79 Å². The van der Waals surface area contributed by atoms with Crippen LogP contribution >= 0.6 is 0 Å². The number of nitrogens with zero attached hydrogens (tertiary/aromatic N) is 3. The fourth-order valence-corrected chi connectivity index (χ4v) is 8.65. The van der Waals surface area contributed by atoms with Gasteiger partial charge < -0.3 is 54.0 Å². The van der Waals surface area contributed by atoms with Gasteiger partial charge in [0.05, 0.1) is 24.6 Å². The Balaban J connectivity index is 0.00000192. The number of piperazine rings is 3. The van der Waals surface area contributed by atoms with Crippen molar-refractivity contribution < 1.29 is 63.5 Å². The molecule has 0 aromatic heterocycles. The number of ketones is 1. The summed E-state index contributed by atoms with van der Waals surface area (Å²) in [6, 6.07) is 11.3. The van der Waals surface area contributed by atoms with E-state index in [9.17, 15) is 29.7 Å². The molecule has 0 spiro atoms. The molecule has 2 aromatic rings. The summed E-state index contributed by atoms with van der Waals surface area (Å²) >= 11 is 0. The number of hydrogen-bond donors (Lipinski definition) is 3. The minimum absolute atomic E-state index is 0. The predicted octanol–water partition coefficient (Wildman–Crippen LogP) is -3.90. The number of β-lactam (4-membered cyclic amide) rings is 1. The number of aliphatic hydroxyl groups excluding tert-OH is 2. The summed E-state index contributed by atoms with van der Waals surface area (Å²) in [5.41, 5.74) is 5.38. The maximum atomic E-state index is 13.6. The third-order valence-corrected chi connectivity index (χ3v) is 11.0. The number of quaternary nitrogens is 2. The summed E-state index contributed by atoms with van der Waals surface area (Å²) in [4.78, 5) is 40.1. The van der Waals surface area contributed by atoms with Gasteiger partial charge in [-0.3, -0.25) is 9.59 Å². The largest absolute Gasteiger partial charge is 1.00 e. The van der Waals surface area contributed by atoms with Gasteiger partial charge in [0.15, 0.2) is 5.78 Å². The second-order valence-electron chi connectivity index (χ2n) is 13.3. The topological polar surface area (TPSA) is 115 Å². The normalized spacial score (nSPS) is 30.2. The van der Waals surface area contributed by atoms with Gasteiger partial charge >= 0.3 is 5.97 Å². The average Bonchev–Trinajstić information content (AvgIpc) is 3.40. The Kier molecular flexibility index (Phi) is 8.55. The van der Waals surface area contributed by atoms with Crippen LogP contribution in [0.2, 0.25) is 0 Å². The number of fused-ring (bicyclic) bond motifs is 7. The van der Waals surface area contributed by atoms with Crippen molar-refractivity contribution in [2.45, 2.75) is 39.0 Å². The zero-order chi connectivity index (χ0) is 29.6. The van der Waals surface area contributed by atoms with E-state index in [0.29, 0.717) is 22.3 Å². The Bertz CT molecular complexity index is 1550. The van der Waals surface area contributed by atoms with Crippen molar-refractivity contribution in [3.8, 4) is 11.1 Å². The molecule has 0 radical (unpaired) electrons. The lowest BCUT2D eigenvalue weighted by molar-refractivity contribution is -1.09. The second-order valence-corrected chi connectivity index (χ2v) is 13.3. The van der Waals surface area contributed by atoms with Crippen molar-refractivity contribution in [2.24, 2.45) is 11.8 Å². The van der Waals surface area contributed by atoms with E-state index in [1.807, 2.05) is 19.1 Å². The highest BCUT2D eigenvalue weighted by molar-refractivity contribution is 6.22. The molecule has 3 N–H and O–H groups in total. The molecule has 2 aromatic carbocycles. The number of halogens is 2. The maximum absolute atomic E-state index is 13.6. The fourth-order valence-electron chi connectivity index (χ4n) is 8.65. The van der Waals surface area contributed by atoms with E-state index < -0.39 is 18.0 Å². The van der Waals surface area contributed by atoms with E-state index in [2.05, 4.69) is 12.1 Å². The Morgan fingerprint density at radius 3 is 2.18 bits per heavy atom. The molecule has 44 heavy (non-hydrogen) atoms. The van der Waals surface area contributed by atoms with E-state index in [0.717, 1.165) is 78.9 Å². The summed E-state index contributed by atoms with van der Waals surface area (Å²) < 4.78 is 2.18. The molecular formula is C33H39Cl2N3O6. The van der Waals surface area contributed by atoms with Gasteiger partial charge in [-0.2, -0.15) is 0 Å². The van der Waals surface area contributed by atoms with E-state index >= 15 is 0 Å². The standard InChI is InChI=1S/C33H38N3O6.2ClH/c1-19-27(30(33(41)42)34-29(19)28(20(2)38)32(34)40)22-5-7-24-25(17-22)23-6-4-21(16-26(23)31(24)39)18-36-12-9-35(10-13-36,11-14-36)8-3-15-37;;/h4-7,16-17,19-20,28-29,37-38H,3,8-15,18H2,1-2H3;2*1H/q+1;;/p-1/t19-,20+,28+,29+,35?,36?;;/m0../s1. The first-order chi connectivity index (χ1) is 20.1. The van der Waals surface area contributed by atoms with Crippen LogP contribution in [-0.4, -0.2) is 111 Å². The lowest BCUT2D eigenvalue weighted by atomic mass is 9.76. The molecule has 5 heterocycles. The van der Waals surface area contributed by atoms with Crippen molar-refractivity contribution in [3.05, 3.63) is 64.3 Å². The third kappa shape index (κ3) is 4.71. The number of rotatable bonds is 8. The van der Waals surface area contributed by atoms with Gasteiger partial charge in [-0.1, -0.05) is 25.1 Å². The van der Waals surface area contributed by atoms with Crippen LogP contribution < -0.4 is 24.8 Å². The predicted molar refractivity (Wildman–Crippen MR) is 155 cm³/mol. The van der Waals surface area contributed by atoms with Crippen LogP contribution in [0.1, 0.15) is 47.3 Å². The molecule has 11 heteroatoms. The number of hydrogen-bond acceptors (Lipinski definition) is 5. The number of benzene rings is 2. The first-order valence-electron chi connectivity index (χ1n) is 15.2. The highest BCUT2D eigenvalue weighted by Crippen LogP contribution is 2.51. The third-order valence-electron chi connectivity index (χ3n) is 11.0. The summed E-state index contributed by atoms with van der Waals surface area (Å²) in [5.74, 6) is -2.42. The molecule has 4 fully saturated rings. The molecule has 0 unspecified atom stereocenters. The molecule has 0 saturated carbocycles. The zero-order valence-electron chi connectivity index (χ0n) is 25.0. The van der Waals surface area contributed by atoms with E-state index in [1.54, 1.807) is 19.1 Å². The van der Waals surface area contributed by atoms with Crippen LogP contribution in [0.5, 0.6) is 0 Å². The number of amides is 1. The fraction of sp³-hybridized carbons (Fsp3) is 0.485. The van der Waals surface area contributed by atoms with Gasteiger partial charge in [0, 0.05) is 35.6 Å². The van der Waals surface area contributed by atoms with Crippen LogP contribution in [0.4, 0.5) is 0 Å². The molecule has 236 valence electrons. The minimum Gasteiger partial charge on any atom is -1.00 e.